The zero-order valence-corrected chi connectivity index (χ0v) is 20.5. The molecular formula is C27H40BrClN2O2. The molecule has 0 bridgehead atoms. The molecule has 2 aromatic rings. The van der Waals surface area contributed by atoms with E-state index in [9.17, 15) is 9.59 Å². The lowest BCUT2D eigenvalue weighted by atomic mass is 9.97. The van der Waals surface area contributed by atoms with Crippen LogP contribution in [0.15, 0.2) is 60.7 Å². The Balaban J connectivity index is 0.000000591. The Hall–Kier alpha value is -1.53. The Kier molecular flexibility index (Phi) is 11.9. The number of nitrogens with one attached hydrogen (secondary N) is 1. The highest BCUT2D eigenvalue weighted by Crippen LogP contribution is 2.15. The van der Waals surface area contributed by atoms with Crippen LogP contribution in [0.25, 0.3) is 0 Å². The first-order chi connectivity index (χ1) is 17.4. The van der Waals surface area contributed by atoms with E-state index in [0.717, 1.165) is 10.9 Å². The summed E-state index contributed by atoms with van der Waals surface area (Å²) in [5, 5.41) is 3.79. The molecule has 2 saturated heterocycles. The Labute approximate surface area is 223 Å². The standard InChI is InChI=1S/C13H17NO.C7H7Br.C6H11NO.CH4.ClH/c1-11-7-8-14(10-13(11)15)9-12-5-3-2-4-6-12;8-6-7-4-2-1-3-5-7;1-5-2-3-7-4-6(5)8;;/h2-6,11H,7-10H2,1H3;1-5H,6H2;5,7H,2-4H2,1H3;1H4;1H/i1D3;;1D3;;. The highest BCUT2D eigenvalue weighted by Gasteiger charge is 2.23. The van der Waals surface area contributed by atoms with Crippen molar-refractivity contribution in [1.82, 2.24) is 10.2 Å². The summed E-state index contributed by atoms with van der Waals surface area (Å²) in [5.41, 5.74) is 2.48. The average molecular weight is 546 g/mol. The maximum Gasteiger partial charge on any atom is 0.149 e. The number of alkyl halides is 1. The van der Waals surface area contributed by atoms with Crippen molar-refractivity contribution < 1.29 is 17.8 Å². The molecule has 2 heterocycles. The molecule has 33 heavy (non-hydrogen) atoms. The van der Waals surface area contributed by atoms with Gasteiger partial charge in [-0.15, -0.1) is 12.4 Å². The van der Waals surface area contributed by atoms with E-state index in [1.165, 1.54) is 5.56 Å². The third kappa shape index (κ3) is 12.5. The lowest BCUT2D eigenvalue weighted by Gasteiger charge is -2.29. The Morgan fingerprint density at radius 3 is 1.97 bits per heavy atom. The smallest absolute Gasteiger partial charge is 0.149 e. The molecule has 4 nitrogen and oxygen atoms in total. The van der Waals surface area contributed by atoms with Gasteiger partial charge in [-0.2, -0.15) is 0 Å². The van der Waals surface area contributed by atoms with Gasteiger partial charge in [0.1, 0.15) is 11.6 Å². The van der Waals surface area contributed by atoms with Crippen molar-refractivity contribution in [1.29, 1.82) is 0 Å². The van der Waals surface area contributed by atoms with Crippen molar-refractivity contribution in [2.75, 3.05) is 26.2 Å². The summed E-state index contributed by atoms with van der Waals surface area (Å²) < 4.78 is 43.1. The fourth-order valence-corrected chi connectivity index (χ4v) is 3.54. The number of Topliss-reactive ketones (excluding diaryl/α,β-unsaturated/α-hetero) is 2. The summed E-state index contributed by atoms with van der Waals surface area (Å²) in [6.45, 7) is -1.77. The minimum Gasteiger partial charge on any atom is -0.310 e. The quantitative estimate of drug-likeness (QED) is 0.486. The van der Waals surface area contributed by atoms with E-state index in [1.807, 2.05) is 53.4 Å². The molecule has 4 rings (SSSR count). The van der Waals surface area contributed by atoms with Crippen LogP contribution in [0.2, 0.25) is 0 Å². The second-order valence-corrected chi connectivity index (χ2v) is 8.17. The number of carbonyl (C=O) groups excluding carboxylic acids is 2. The van der Waals surface area contributed by atoms with Gasteiger partial charge in [0.15, 0.2) is 0 Å². The lowest BCUT2D eigenvalue weighted by Crippen LogP contribution is -2.39. The van der Waals surface area contributed by atoms with Gasteiger partial charge in [0.25, 0.3) is 0 Å². The molecule has 184 valence electrons. The summed E-state index contributed by atoms with van der Waals surface area (Å²) in [6.07, 6.45) is 0.873. The Bertz CT molecular complexity index is 978. The SMILES string of the molecule is BrCc1ccccc1.C.Cl.[2H]C([2H])([2H])C1CCN(Cc2ccccc2)CC1=O.[2H]C([2H])([2H])C1CCNCC1=O. The van der Waals surface area contributed by atoms with Gasteiger partial charge in [0, 0.05) is 31.9 Å². The molecule has 6 heteroatoms. The van der Waals surface area contributed by atoms with Crippen LogP contribution in [0.1, 0.15) is 53.3 Å². The molecule has 2 aliphatic rings. The van der Waals surface area contributed by atoms with Gasteiger partial charge in [-0.3, -0.25) is 14.5 Å². The van der Waals surface area contributed by atoms with Gasteiger partial charge in [-0.1, -0.05) is 97.7 Å². The second-order valence-electron chi connectivity index (χ2n) is 7.61. The van der Waals surface area contributed by atoms with Gasteiger partial charge >= 0.3 is 0 Å². The van der Waals surface area contributed by atoms with Crippen LogP contribution < -0.4 is 5.32 Å². The second kappa shape index (κ2) is 17.9. The van der Waals surface area contributed by atoms with Gasteiger partial charge in [0.2, 0.25) is 0 Å². The predicted octanol–water partition coefficient (Wildman–Crippen LogP) is 5.92. The van der Waals surface area contributed by atoms with Crippen LogP contribution in [0.5, 0.6) is 0 Å². The molecule has 0 saturated carbocycles. The monoisotopic (exact) mass is 544 g/mol. The topological polar surface area (TPSA) is 49.4 Å². The first-order valence-electron chi connectivity index (χ1n) is 13.5. The predicted molar refractivity (Wildman–Crippen MR) is 145 cm³/mol. The molecule has 0 amide bonds. The molecule has 0 spiro atoms. The van der Waals surface area contributed by atoms with Crippen LogP contribution in [-0.2, 0) is 21.5 Å². The number of halogens is 2. The van der Waals surface area contributed by atoms with Gasteiger partial charge in [-0.05, 0) is 37.1 Å². The zero-order valence-electron chi connectivity index (χ0n) is 24.1. The van der Waals surface area contributed by atoms with Crippen molar-refractivity contribution >= 4 is 39.9 Å². The van der Waals surface area contributed by atoms with Crippen LogP contribution in [-0.4, -0.2) is 42.6 Å². The van der Waals surface area contributed by atoms with Crippen molar-refractivity contribution in [2.45, 2.75) is 45.8 Å². The highest BCUT2D eigenvalue weighted by atomic mass is 79.9. The van der Waals surface area contributed by atoms with E-state index in [-0.39, 0.29) is 44.5 Å². The number of hydrogen-bond acceptors (Lipinski definition) is 4. The normalized spacial score (nSPS) is 23.5. The number of carbonyl (C=O) groups is 2. The molecule has 2 atom stereocenters. The van der Waals surface area contributed by atoms with Crippen molar-refractivity contribution in [3.63, 3.8) is 0 Å². The average Bonchev–Trinajstić information content (AvgIpc) is 2.85. The van der Waals surface area contributed by atoms with E-state index in [4.69, 9.17) is 8.22 Å². The van der Waals surface area contributed by atoms with Gasteiger partial charge < -0.3 is 5.32 Å². The van der Waals surface area contributed by atoms with E-state index < -0.39 is 25.5 Å². The lowest BCUT2D eigenvalue weighted by molar-refractivity contribution is -0.126. The number of nitrogens with zero attached hydrogens (tertiary/aromatic N) is 1. The maximum absolute atomic E-state index is 11.8. The number of piperidine rings is 2. The molecule has 2 unspecified atom stereocenters. The molecule has 0 radical (unpaired) electrons. The van der Waals surface area contributed by atoms with Crippen LogP contribution in [0.3, 0.4) is 0 Å². The molecule has 2 fully saturated rings. The number of hydrogen-bond donors (Lipinski definition) is 1. The molecule has 1 N–H and O–H groups in total. The molecule has 0 aliphatic carbocycles. The highest BCUT2D eigenvalue weighted by molar-refractivity contribution is 9.08. The zero-order chi connectivity index (χ0) is 27.5. The largest absolute Gasteiger partial charge is 0.310 e. The molecule has 0 aromatic heterocycles. The number of likely N-dealkylation sites (tertiary alicyclic amines) is 1. The summed E-state index contributed by atoms with van der Waals surface area (Å²) in [7, 11) is 0. The van der Waals surface area contributed by atoms with E-state index in [2.05, 4.69) is 33.4 Å². The van der Waals surface area contributed by atoms with Gasteiger partial charge in [-0.25, -0.2) is 0 Å². The van der Waals surface area contributed by atoms with Crippen LogP contribution in [0, 0.1) is 11.8 Å². The fraction of sp³-hybridized carbons (Fsp3) is 0.481. The molecular weight excluding hydrogens is 500 g/mol. The van der Waals surface area contributed by atoms with E-state index in [1.54, 1.807) is 0 Å². The Morgan fingerprint density at radius 2 is 1.52 bits per heavy atom. The first kappa shape index (κ1) is 22.0. The fourth-order valence-electron chi connectivity index (χ4n) is 3.17. The van der Waals surface area contributed by atoms with E-state index >= 15 is 0 Å². The molecule has 2 aromatic carbocycles. The summed E-state index contributed by atoms with van der Waals surface area (Å²) >= 11 is 3.36. The number of benzene rings is 2. The van der Waals surface area contributed by atoms with E-state index in [0.29, 0.717) is 32.5 Å². The number of ketones is 2. The van der Waals surface area contributed by atoms with Crippen LogP contribution in [0.4, 0.5) is 0 Å². The minimum absolute atomic E-state index is 0. The van der Waals surface area contributed by atoms with Crippen molar-refractivity contribution in [3.05, 3.63) is 71.8 Å². The third-order valence-corrected chi connectivity index (χ3v) is 5.69. The maximum atomic E-state index is 11.8. The van der Waals surface area contributed by atoms with Crippen molar-refractivity contribution in [3.8, 4) is 0 Å². The third-order valence-electron chi connectivity index (χ3n) is 5.05. The molecule has 2 aliphatic heterocycles. The summed E-state index contributed by atoms with van der Waals surface area (Å²) in [4.78, 5) is 24.9. The first-order valence-corrected chi connectivity index (χ1v) is 11.7. The number of rotatable bonds is 3. The Morgan fingerprint density at radius 1 is 0.939 bits per heavy atom. The summed E-state index contributed by atoms with van der Waals surface area (Å²) in [5.74, 6) is -1.85. The van der Waals surface area contributed by atoms with Crippen molar-refractivity contribution in [2.24, 2.45) is 11.8 Å². The minimum atomic E-state index is -2.14. The van der Waals surface area contributed by atoms with Gasteiger partial charge in [0.05, 0.1) is 13.1 Å². The summed E-state index contributed by atoms with van der Waals surface area (Å²) in [6, 6.07) is 20.2. The van der Waals surface area contributed by atoms with Crippen LogP contribution >= 0.6 is 28.3 Å².